The van der Waals surface area contributed by atoms with E-state index in [1.807, 2.05) is 53.9 Å². The fraction of sp³-hybridized carbons (Fsp3) is 0.0625. The highest BCUT2D eigenvalue weighted by atomic mass is 32.1. The number of amides is 1. The lowest BCUT2D eigenvalue weighted by molar-refractivity contribution is -0.115. The Morgan fingerprint density at radius 1 is 1.20 bits per heavy atom. The summed E-state index contributed by atoms with van der Waals surface area (Å²) in [5.74, 6) is 0.734. The fourth-order valence-corrected chi connectivity index (χ4v) is 2.68. The molecule has 1 aromatic carbocycles. The van der Waals surface area contributed by atoms with Crippen LogP contribution in [-0.2, 0) is 4.79 Å². The zero-order valence-corrected chi connectivity index (χ0v) is 11.7. The maximum atomic E-state index is 12.0. The van der Waals surface area contributed by atoms with Crippen LogP contribution in [0.1, 0.15) is 10.4 Å². The Labute approximate surface area is 121 Å². The summed E-state index contributed by atoms with van der Waals surface area (Å²) in [6.07, 6.45) is 3.78. The summed E-state index contributed by atoms with van der Waals surface area (Å²) < 4.78 is 5.13. The molecule has 0 spiro atoms. The minimum absolute atomic E-state index is 0.0655. The van der Waals surface area contributed by atoms with Crippen molar-refractivity contribution >= 4 is 29.0 Å². The van der Waals surface area contributed by atoms with Gasteiger partial charge >= 0.3 is 0 Å². The molecule has 0 aliphatic carbocycles. The standard InChI is InChI=1S/C16H13NO2S/c1-19-13-6-4-11(5-7-13)15-10-12(16(18)17-15)9-14-3-2-8-20-14/h2-10H,1H3,(H,17,18)/b12-9+. The van der Waals surface area contributed by atoms with Crippen LogP contribution in [0.4, 0.5) is 0 Å². The van der Waals surface area contributed by atoms with Crippen molar-refractivity contribution in [1.29, 1.82) is 0 Å². The number of hydrogen-bond donors (Lipinski definition) is 1. The highest BCUT2D eigenvalue weighted by Crippen LogP contribution is 2.24. The number of carbonyl (C=O) groups excluding carboxylic acids is 1. The number of rotatable bonds is 3. The number of hydrogen-bond acceptors (Lipinski definition) is 3. The first-order chi connectivity index (χ1) is 9.76. The van der Waals surface area contributed by atoms with Gasteiger partial charge in [-0.2, -0.15) is 0 Å². The number of ether oxygens (including phenoxy) is 1. The van der Waals surface area contributed by atoms with Gasteiger partial charge in [0.05, 0.1) is 7.11 Å². The first-order valence-electron chi connectivity index (χ1n) is 6.19. The van der Waals surface area contributed by atoms with Gasteiger partial charge in [0.25, 0.3) is 5.91 Å². The van der Waals surface area contributed by atoms with Crippen molar-refractivity contribution < 1.29 is 9.53 Å². The summed E-state index contributed by atoms with van der Waals surface area (Å²) >= 11 is 1.61. The monoisotopic (exact) mass is 283 g/mol. The summed E-state index contributed by atoms with van der Waals surface area (Å²) in [6.45, 7) is 0. The lowest BCUT2D eigenvalue weighted by Gasteiger charge is -2.04. The molecule has 1 amide bonds. The summed E-state index contributed by atoms with van der Waals surface area (Å²) in [7, 11) is 1.63. The van der Waals surface area contributed by atoms with Crippen LogP contribution >= 0.6 is 11.3 Å². The summed E-state index contributed by atoms with van der Waals surface area (Å²) in [6, 6.07) is 11.6. The van der Waals surface area contributed by atoms with E-state index in [4.69, 9.17) is 4.74 Å². The van der Waals surface area contributed by atoms with Gasteiger partial charge in [-0.05, 0) is 53.4 Å². The molecule has 0 bridgehead atoms. The third kappa shape index (κ3) is 2.51. The molecule has 3 rings (SSSR count). The maximum Gasteiger partial charge on any atom is 0.255 e. The SMILES string of the molecule is COc1ccc(C2=C/C(=C\c3cccs3)C(=O)N2)cc1. The van der Waals surface area contributed by atoms with Gasteiger partial charge < -0.3 is 10.1 Å². The number of carbonyl (C=O) groups is 1. The van der Waals surface area contributed by atoms with Crippen LogP contribution in [0.3, 0.4) is 0 Å². The smallest absolute Gasteiger partial charge is 0.255 e. The zero-order valence-electron chi connectivity index (χ0n) is 10.9. The fourth-order valence-electron chi connectivity index (χ4n) is 2.01. The second-order valence-electron chi connectivity index (χ2n) is 4.36. The maximum absolute atomic E-state index is 12.0. The van der Waals surface area contributed by atoms with Crippen molar-refractivity contribution in [3.63, 3.8) is 0 Å². The summed E-state index contributed by atoms with van der Waals surface area (Å²) in [5, 5.41) is 4.88. The minimum atomic E-state index is -0.0655. The normalized spacial score (nSPS) is 16.1. The Morgan fingerprint density at radius 2 is 2.00 bits per heavy atom. The van der Waals surface area contributed by atoms with E-state index >= 15 is 0 Å². The zero-order chi connectivity index (χ0) is 13.9. The number of benzene rings is 1. The number of methoxy groups -OCH3 is 1. The summed E-state index contributed by atoms with van der Waals surface area (Å²) in [5.41, 5.74) is 2.47. The molecule has 1 aromatic heterocycles. The van der Waals surface area contributed by atoms with Gasteiger partial charge in [0, 0.05) is 16.1 Å². The Balaban J connectivity index is 1.89. The molecule has 20 heavy (non-hydrogen) atoms. The van der Waals surface area contributed by atoms with E-state index in [9.17, 15) is 4.79 Å². The van der Waals surface area contributed by atoms with Crippen LogP contribution in [0.25, 0.3) is 11.8 Å². The van der Waals surface area contributed by atoms with Crippen LogP contribution in [0, 0.1) is 0 Å². The van der Waals surface area contributed by atoms with Gasteiger partial charge in [-0.3, -0.25) is 4.79 Å². The van der Waals surface area contributed by atoms with E-state index < -0.39 is 0 Å². The van der Waals surface area contributed by atoms with Crippen LogP contribution in [0.15, 0.2) is 53.4 Å². The van der Waals surface area contributed by atoms with Crippen LogP contribution < -0.4 is 10.1 Å². The van der Waals surface area contributed by atoms with Crippen molar-refractivity contribution in [3.05, 3.63) is 63.9 Å². The van der Waals surface area contributed by atoms with Crippen molar-refractivity contribution in [2.45, 2.75) is 0 Å². The third-order valence-electron chi connectivity index (χ3n) is 3.05. The van der Waals surface area contributed by atoms with Gasteiger partial charge in [-0.25, -0.2) is 0 Å². The van der Waals surface area contributed by atoms with E-state index in [0.29, 0.717) is 5.57 Å². The Kier molecular flexibility index (Phi) is 3.39. The molecule has 1 aliphatic heterocycles. The number of thiophene rings is 1. The Morgan fingerprint density at radius 3 is 2.65 bits per heavy atom. The van der Waals surface area contributed by atoms with Crippen molar-refractivity contribution in [2.75, 3.05) is 7.11 Å². The Hall–Kier alpha value is -2.33. The van der Waals surface area contributed by atoms with Crippen LogP contribution in [0.5, 0.6) is 5.75 Å². The molecule has 100 valence electrons. The highest BCUT2D eigenvalue weighted by Gasteiger charge is 2.19. The van der Waals surface area contributed by atoms with E-state index in [-0.39, 0.29) is 5.91 Å². The second-order valence-corrected chi connectivity index (χ2v) is 5.34. The molecule has 1 aliphatic rings. The van der Waals surface area contributed by atoms with Gasteiger partial charge in [0.2, 0.25) is 0 Å². The third-order valence-corrected chi connectivity index (χ3v) is 3.87. The topological polar surface area (TPSA) is 38.3 Å². The molecule has 0 fully saturated rings. The molecule has 3 nitrogen and oxygen atoms in total. The first-order valence-corrected chi connectivity index (χ1v) is 7.07. The molecule has 0 saturated heterocycles. The van der Waals surface area contributed by atoms with Gasteiger partial charge in [-0.15, -0.1) is 11.3 Å². The van der Waals surface area contributed by atoms with E-state index in [0.717, 1.165) is 21.9 Å². The predicted molar refractivity (Wildman–Crippen MR) is 81.4 cm³/mol. The van der Waals surface area contributed by atoms with Crippen LogP contribution in [-0.4, -0.2) is 13.0 Å². The van der Waals surface area contributed by atoms with Crippen molar-refractivity contribution in [1.82, 2.24) is 5.32 Å². The quantitative estimate of drug-likeness (QED) is 0.878. The van der Waals surface area contributed by atoms with Gasteiger partial charge in [0.15, 0.2) is 0 Å². The molecular formula is C16H13NO2S. The highest BCUT2D eigenvalue weighted by molar-refractivity contribution is 7.10. The average Bonchev–Trinajstić information content (AvgIpc) is 3.10. The molecule has 0 unspecified atom stereocenters. The Bertz CT molecular complexity index is 682. The van der Waals surface area contributed by atoms with Gasteiger partial charge in [0.1, 0.15) is 5.75 Å². The van der Waals surface area contributed by atoms with Crippen LogP contribution in [0.2, 0.25) is 0 Å². The van der Waals surface area contributed by atoms with Crippen molar-refractivity contribution in [2.24, 2.45) is 0 Å². The van der Waals surface area contributed by atoms with E-state index in [1.54, 1.807) is 18.4 Å². The molecule has 0 radical (unpaired) electrons. The first kappa shape index (κ1) is 12.7. The largest absolute Gasteiger partial charge is 0.497 e. The molecule has 4 heteroatoms. The number of nitrogens with one attached hydrogen (secondary N) is 1. The molecule has 0 saturated carbocycles. The predicted octanol–water partition coefficient (Wildman–Crippen LogP) is 3.31. The molecule has 2 heterocycles. The molecule has 1 N–H and O–H groups in total. The molecular weight excluding hydrogens is 270 g/mol. The van der Waals surface area contributed by atoms with Crippen molar-refractivity contribution in [3.8, 4) is 5.75 Å². The molecule has 2 aromatic rings. The van der Waals surface area contributed by atoms with Gasteiger partial charge in [-0.1, -0.05) is 6.07 Å². The second kappa shape index (κ2) is 5.35. The van der Waals surface area contributed by atoms with E-state index in [2.05, 4.69) is 5.32 Å². The van der Waals surface area contributed by atoms with E-state index in [1.165, 1.54) is 0 Å². The minimum Gasteiger partial charge on any atom is -0.497 e. The lowest BCUT2D eigenvalue weighted by Crippen LogP contribution is -2.15. The summed E-state index contributed by atoms with van der Waals surface area (Å²) in [4.78, 5) is 13.0. The molecule has 0 atom stereocenters. The average molecular weight is 283 g/mol. The lowest BCUT2D eigenvalue weighted by atomic mass is 10.1.